The summed E-state index contributed by atoms with van der Waals surface area (Å²) in [6.07, 6.45) is 0. The average Bonchev–Trinajstić information content (AvgIpc) is 3.01. The summed E-state index contributed by atoms with van der Waals surface area (Å²) >= 11 is 0. The van der Waals surface area contributed by atoms with E-state index in [1.165, 1.54) is 0 Å². The zero-order valence-electron chi connectivity index (χ0n) is 13.2. The molecule has 0 aliphatic heterocycles. The molecule has 2 N–H and O–H groups in total. The van der Waals surface area contributed by atoms with E-state index in [9.17, 15) is 4.79 Å². The van der Waals surface area contributed by atoms with Crippen molar-refractivity contribution in [1.29, 1.82) is 0 Å². The molecule has 0 radical (unpaired) electrons. The molecule has 122 valence electrons. The molecule has 0 fully saturated rings. The van der Waals surface area contributed by atoms with Crippen LogP contribution in [-0.4, -0.2) is 16.0 Å². The van der Waals surface area contributed by atoms with Crippen molar-refractivity contribution in [1.82, 2.24) is 10.1 Å². The molecule has 6 nitrogen and oxygen atoms in total. The first-order valence-electron chi connectivity index (χ1n) is 7.49. The van der Waals surface area contributed by atoms with Gasteiger partial charge in [0, 0.05) is 0 Å². The second-order valence-electron chi connectivity index (χ2n) is 5.36. The maximum atomic E-state index is 11.8. The van der Waals surface area contributed by atoms with Gasteiger partial charge in [0.25, 0.3) is 0 Å². The maximum absolute atomic E-state index is 11.8. The van der Waals surface area contributed by atoms with Crippen LogP contribution < -0.4 is 10.5 Å². The predicted molar refractivity (Wildman–Crippen MR) is 87.3 cm³/mol. The van der Waals surface area contributed by atoms with Gasteiger partial charge in [-0.3, -0.25) is 4.79 Å². The van der Waals surface area contributed by atoms with E-state index in [0.29, 0.717) is 23.7 Å². The minimum absolute atomic E-state index is 0.193. The molecule has 1 aromatic heterocycles. The molecule has 0 aliphatic rings. The lowest BCUT2D eigenvalue weighted by Gasteiger charge is -2.11. The number of hydrogen-bond donors (Lipinski definition) is 1. The van der Waals surface area contributed by atoms with Crippen molar-refractivity contribution in [3.63, 3.8) is 0 Å². The minimum atomic E-state index is -0.769. The molecule has 6 heteroatoms. The number of hydrogen-bond acceptors (Lipinski definition) is 5. The highest BCUT2D eigenvalue weighted by Crippen LogP contribution is 2.25. The number of nitrogens with zero attached hydrogens (tertiary/aromatic N) is 2. The maximum Gasteiger partial charge on any atom is 0.243 e. The van der Waals surface area contributed by atoms with E-state index in [4.69, 9.17) is 15.0 Å². The third-order valence-electron chi connectivity index (χ3n) is 3.54. The van der Waals surface area contributed by atoms with Crippen LogP contribution in [0.25, 0.3) is 0 Å². The number of amides is 1. The molecule has 0 bridgehead atoms. The van der Waals surface area contributed by atoms with Gasteiger partial charge in [0.15, 0.2) is 5.82 Å². The Kier molecular flexibility index (Phi) is 4.56. The summed E-state index contributed by atoms with van der Waals surface area (Å²) in [4.78, 5) is 15.9. The van der Waals surface area contributed by atoms with E-state index in [0.717, 1.165) is 5.56 Å². The van der Waals surface area contributed by atoms with E-state index in [1.54, 1.807) is 31.2 Å². The van der Waals surface area contributed by atoms with Crippen molar-refractivity contribution in [2.24, 2.45) is 5.73 Å². The van der Waals surface area contributed by atoms with Crippen LogP contribution in [0.15, 0.2) is 59.1 Å². The van der Waals surface area contributed by atoms with Crippen molar-refractivity contribution >= 4 is 5.91 Å². The number of rotatable bonds is 6. The Morgan fingerprint density at radius 3 is 2.46 bits per heavy atom. The van der Waals surface area contributed by atoms with Gasteiger partial charge < -0.3 is 15.0 Å². The summed E-state index contributed by atoms with van der Waals surface area (Å²) in [5, 5.41) is 3.71. The number of primary amides is 1. The van der Waals surface area contributed by atoms with Crippen LogP contribution in [0.2, 0.25) is 0 Å². The van der Waals surface area contributed by atoms with Gasteiger partial charge >= 0.3 is 0 Å². The normalized spacial score (nSPS) is 11.9. The number of benzene rings is 2. The standard InChI is InChI=1S/C18H17N3O3/c1-12-20-18(24-21-12)16(17(19)22)14-7-9-15(10-8-14)23-11-13-5-3-2-4-6-13/h2-10,16H,11H2,1H3,(H2,19,22). The number of carbonyl (C=O) groups excluding carboxylic acids is 1. The molecule has 3 rings (SSSR count). The Morgan fingerprint density at radius 2 is 1.88 bits per heavy atom. The van der Waals surface area contributed by atoms with Crippen molar-refractivity contribution in [2.75, 3.05) is 0 Å². The predicted octanol–water partition coefficient (Wildman–Crippen LogP) is 2.57. The number of ether oxygens (including phenoxy) is 1. The Bertz CT molecular complexity index is 813. The van der Waals surface area contributed by atoms with Crippen molar-refractivity contribution in [2.45, 2.75) is 19.4 Å². The first-order valence-corrected chi connectivity index (χ1v) is 7.49. The molecule has 1 heterocycles. The fraction of sp³-hybridized carbons (Fsp3) is 0.167. The van der Waals surface area contributed by atoms with Crippen LogP contribution in [0.1, 0.15) is 28.8 Å². The molecular formula is C18H17N3O3. The lowest BCUT2D eigenvalue weighted by atomic mass is 9.98. The van der Waals surface area contributed by atoms with Crippen molar-refractivity contribution < 1.29 is 14.1 Å². The van der Waals surface area contributed by atoms with Gasteiger partial charge in [0.05, 0.1) is 0 Å². The first-order chi connectivity index (χ1) is 11.6. The van der Waals surface area contributed by atoms with Crippen LogP contribution in [-0.2, 0) is 11.4 Å². The van der Waals surface area contributed by atoms with Gasteiger partial charge in [-0.25, -0.2) is 0 Å². The average molecular weight is 323 g/mol. The molecule has 0 spiro atoms. The van der Waals surface area contributed by atoms with Crippen LogP contribution in [0.3, 0.4) is 0 Å². The minimum Gasteiger partial charge on any atom is -0.489 e. The fourth-order valence-electron chi connectivity index (χ4n) is 2.36. The molecular weight excluding hydrogens is 306 g/mol. The lowest BCUT2D eigenvalue weighted by Crippen LogP contribution is -2.22. The molecule has 2 aromatic carbocycles. The van der Waals surface area contributed by atoms with Gasteiger partial charge in [0.1, 0.15) is 18.3 Å². The first kappa shape index (κ1) is 15.7. The highest BCUT2D eigenvalue weighted by Gasteiger charge is 2.26. The number of carbonyl (C=O) groups is 1. The van der Waals surface area contributed by atoms with Gasteiger partial charge in [-0.2, -0.15) is 4.98 Å². The summed E-state index contributed by atoms with van der Waals surface area (Å²) < 4.78 is 10.8. The fourth-order valence-corrected chi connectivity index (χ4v) is 2.36. The van der Waals surface area contributed by atoms with Crippen LogP contribution in [0.5, 0.6) is 5.75 Å². The third kappa shape index (κ3) is 3.60. The summed E-state index contributed by atoms with van der Waals surface area (Å²) in [7, 11) is 0. The van der Waals surface area contributed by atoms with Crippen LogP contribution >= 0.6 is 0 Å². The number of aromatic nitrogens is 2. The second kappa shape index (κ2) is 6.95. The Hall–Kier alpha value is -3.15. The number of aryl methyl sites for hydroxylation is 1. The Morgan fingerprint density at radius 1 is 1.17 bits per heavy atom. The monoisotopic (exact) mass is 323 g/mol. The summed E-state index contributed by atoms with van der Waals surface area (Å²) in [6, 6.07) is 17.0. The van der Waals surface area contributed by atoms with Crippen LogP contribution in [0, 0.1) is 6.92 Å². The summed E-state index contributed by atoms with van der Waals surface area (Å²) in [6.45, 7) is 2.16. The molecule has 1 amide bonds. The largest absolute Gasteiger partial charge is 0.489 e. The van der Waals surface area contributed by atoms with E-state index in [2.05, 4.69) is 10.1 Å². The summed E-state index contributed by atoms with van der Waals surface area (Å²) in [5.41, 5.74) is 7.25. The van der Waals surface area contributed by atoms with Crippen LogP contribution in [0.4, 0.5) is 0 Å². The third-order valence-corrected chi connectivity index (χ3v) is 3.54. The van der Waals surface area contributed by atoms with Gasteiger partial charge in [-0.1, -0.05) is 47.6 Å². The molecule has 1 unspecified atom stereocenters. The molecule has 0 aliphatic carbocycles. The van der Waals surface area contributed by atoms with Crippen molar-refractivity contribution in [3.8, 4) is 5.75 Å². The topological polar surface area (TPSA) is 91.2 Å². The highest BCUT2D eigenvalue weighted by molar-refractivity contribution is 5.84. The smallest absolute Gasteiger partial charge is 0.243 e. The molecule has 3 aromatic rings. The van der Waals surface area contributed by atoms with E-state index in [-0.39, 0.29) is 5.89 Å². The van der Waals surface area contributed by atoms with E-state index >= 15 is 0 Å². The quantitative estimate of drug-likeness (QED) is 0.753. The molecule has 1 atom stereocenters. The Balaban J connectivity index is 1.74. The van der Waals surface area contributed by atoms with E-state index < -0.39 is 11.8 Å². The zero-order chi connectivity index (χ0) is 16.9. The van der Waals surface area contributed by atoms with Gasteiger partial charge in [-0.05, 0) is 30.2 Å². The zero-order valence-corrected chi connectivity index (χ0v) is 13.2. The van der Waals surface area contributed by atoms with Gasteiger partial charge in [-0.15, -0.1) is 0 Å². The SMILES string of the molecule is Cc1noc(C(C(N)=O)c2ccc(OCc3ccccc3)cc2)n1. The highest BCUT2D eigenvalue weighted by atomic mass is 16.5. The molecule has 24 heavy (non-hydrogen) atoms. The summed E-state index contributed by atoms with van der Waals surface area (Å²) in [5.74, 6) is 0.0375. The lowest BCUT2D eigenvalue weighted by molar-refractivity contribution is -0.119. The second-order valence-corrected chi connectivity index (χ2v) is 5.36. The van der Waals surface area contributed by atoms with E-state index in [1.807, 2.05) is 30.3 Å². The number of nitrogens with two attached hydrogens (primary N) is 1. The Labute approximate surface area is 139 Å². The molecule has 0 saturated carbocycles. The molecule has 0 saturated heterocycles. The van der Waals surface area contributed by atoms with Crippen molar-refractivity contribution in [3.05, 3.63) is 77.4 Å². The van der Waals surface area contributed by atoms with Gasteiger partial charge in [0.2, 0.25) is 11.8 Å².